The maximum atomic E-state index is 10.9. The smallest absolute Gasteiger partial charge is 0.223 e. The molecule has 2 aromatic rings. The first-order valence-electron chi connectivity index (χ1n) is 5.12. The van der Waals surface area contributed by atoms with E-state index in [0.717, 1.165) is 0 Å². The number of halogens is 1. The van der Waals surface area contributed by atoms with Crippen LogP contribution in [0.5, 0.6) is 0 Å². The van der Waals surface area contributed by atoms with Crippen molar-refractivity contribution in [1.29, 1.82) is 0 Å². The molecule has 18 heavy (non-hydrogen) atoms. The number of carbonyl (C=O) groups is 1. The topological polar surface area (TPSA) is 93.8 Å². The first kappa shape index (κ1) is 12.4. The predicted octanol–water partition coefficient (Wildman–Crippen LogP) is 1.55. The molecule has 7 nitrogen and oxygen atoms in total. The third-order valence-electron chi connectivity index (χ3n) is 2.11. The minimum atomic E-state index is 0.115. The summed E-state index contributed by atoms with van der Waals surface area (Å²) < 4.78 is 4.83. The first-order valence-corrected chi connectivity index (χ1v) is 5.50. The predicted molar refractivity (Wildman–Crippen MR) is 63.5 cm³/mol. The number of aromatic nitrogens is 4. The summed E-state index contributed by atoms with van der Waals surface area (Å²) in [5.74, 6) is 1.76. The molecule has 0 saturated heterocycles. The molecule has 0 aliphatic rings. The minimum absolute atomic E-state index is 0.115. The van der Waals surface area contributed by atoms with Gasteiger partial charge in [0.15, 0.2) is 12.1 Å². The van der Waals surface area contributed by atoms with Crippen molar-refractivity contribution in [2.24, 2.45) is 0 Å². The van der Waals surface area contributed by atoms with Gasteiger partial charge in [-0.15, -0.1) is 0 Å². The van der Waals surface area contributed by atoms with Crippen LogP contribution in [-0.2, 0) is 6.54 Å². The molecular weight excluding hydrogens is 258 g/mol. The summed E-state index contributed by atoms with van der Waals surface area (Å²) in [6.45, 7) is 3.66. The molecular formula is C10H10ClN5O2. The second-order valence-corrected chi connectivity index (χ2v) is 3.88. The summed E-state index contributed by atoms with van der Waals surface area (Å²) in [4.78, 5) is 22.9. The Morgan fingerprint density at radius 3 is 2.72 bits per heavy atom. The van der Waals surface area contributed by atoms with Gasteiger partial charge in [0.05, 0.1) is 12.1 Å². The zero-order valence-electron chi connectivity index (χ0n) is 9.77. The molecule has 0 atom stereocenters. The second kappa shape index (κ2) is 5.09. The van der Waals surface area contributed by atoms with Gasteiger partial charge >= 0.3 is 0 Å². The molecule has 1 N–H and O–H groups in total. The second-order valence-electron chi connectivity index (χ2n) is 3.52. The van der Waals surface area contributed by atoms with Gasteiger partial charge in [0, 0.05) is 6.92 Å². The van der Waals surface area contributed by atoms with E-state index in [2.05, 4.69) is 25.4 Å². The van der Waals surface area contributed by atoms with Gasteiger partial charge in [-0.3, -0.25) is 4.79 Å². The van der Waals surface area contributed by atoms with Crippen molar-refractivity contribution in [2.45, 2.75) is 20.4 Å². The molecule has 2 aromatic heterocycles. The third kappa shape index (κ3) is 2.62. The van der Waals surface area contributed by atoms with Crippen LogP contribution in [0.3, 0.4) is 0 Å². The summed E-state index contributed by atoms with van der Waals surface area (Å²) in [6, 6.07) is 0. The zero-order chi connectivity index (χ0) is 13.1. The molecule has 94 valence electrons. The highest BCUT2D eigenvalue weighted by Crippen LogP contribution is 2.19. The average molecular weight is 268 g/mol. The Morgan fingerprint density at radius 1 is 1.33 bits per heavy atom. The quantitative estimate of drug-likeness (QED) is 0.663. The zero-order valence-corrected chi connectivity index (χ0v) is 10.5. The number of hydrogen-bond donors (Lipinski definition) is 1. The molecule has 0 unspecified atom stereocenters. The monoisotopic (exact) mass is 267 g/mol. The minimum Gasteiger partial charge on any atom is -0.362 e. The van der Waals surface area contributed by atoms with E-state index in [4.69, 9.17) is 16.1 Å². The van der Waals surface area contributed by atoms with Gasteiger partial charge in [0.1, 0.15) is 16.8 Å². The lowest BCUT2D eigenvalue weighted by atomic mass is 10.3. The van der Waals surface area contributed by atoms with E-state index < -0.39 is 0 Å². The fourth-order valence-electron chi connectivity index (χ4n) is 1.36. The summed E-state index contributed by atoms with van der Waals surface area (Å²) >= 11 is 5.85. The van der Waals surface area contributed by atoms with E-state index in [0.29, 0.717) is 29.6 Å². The van der Waals surface area contributed by atoms with Crippen LogP contribution in [0.25, 0.3) is 0 Å². The van der Waals surface area contributed by atoms with Crippen LogP contribution in [0, 0.1) is 13.8 Å². The molecule has 0 spiro atoms. The summed E-state index contributed by atoms with van der Waals surface area (Å²) in [6.07, 6.45) is 0.603. The van der Waals surface area contributed by atoms with E-state index in [9.17, 15) is 4.79 Å². The Labute approximate surface area is 108 Å². The molecule has 8 heteroatoms. The van der Waals surface area contributed by atoms with E-state index >= 15 is 0 Å². The lowest BCUT2D eigenvalue weighted by Crippen LogP contribution is -2.08. The van der Waals surface area contributed by atoms with Gasteiger partial charge in [-0.05, 0) is 6.92 Å². The van der Waals surface area contributed by atoms with Crippen molar-refractivity contribution in [2.75, 3.05) is 5.32 Å². The Balaban J connectivity index is 2.20. The molecule has 0 fully saturated rings. The Kier molecular flexibility index (Phi) is 3.52. The Morgan fingerprint density at radius 2 is 2.11 bits per heavy atom. The SMILES string of the molecule is Cc1nc(Cl)c(C=O)c(NCc2noc(C)n2)n1. The van der Waals surface area contributed by atoms with Crippen molar-refractivity contribution in [3.05, 3.63) is 28.3 Å². The molecule has 0 aliphatic carbocycles. The van der Waals surface area contributed by atoms with Crippen LogP contribution in [0.1, 0.15) is 27.9 Å². The van der Waals surface area contributed by atoms with E-state index in [1.165, 1.54) is 0 Å². The molecule has 0 radical (unpaired) electrons. The number of nitrogens with zero attached hydrogens (tertiary/aromatic N) is 4. The molecule has 2 heterocycles. The van der Waals surface area contributed by atoms with Gasteiger partial charge in [-0.1, -0.05) is 16.8 Å². The fourth-order valence-corrected chi connectivity index (χ4v) is 1.62. The number of aldehydes is 1. The van der Waals surface area contributed by atoms with Crippen LogP contribution >= 0.6 is 11.6 Å². The van der Waals surface area contributed by atoms with E-state index in [1.807, 2.05) is 0 Å². The highest BCUT2D eigenvalue weighted by Gasteiger charge is 2.11. The lowest BCUT2D eigenvalue weighted by Gasteiger charge is -2.07. The first-order chi connectivity index (χ1) is 8.60. The standard InChI is InChI=1S/C10H10ClN5O2/c1-5-13-9(11)7(4-17)10(14-5)12-3-8-15-6(2)18-16-8/h4H,3H2,1-2H3,(H,12,13,14). The van der Waals surface area contributed by atoms with Crippen molar-refractivity contribution < 1.29 is 9.32 Å². The summed E-state index contributed by atoms with van der Waals surface area (Å²) in [5.41, 5.74) is 0.211. The van der Waals surface area contributed by atoms with E-state index in [1.54, 1.807) is 13.8 Å². The maximum absolute atomic E-state index is 10.9. The molecule has 0 saturated carbocycles. The highest BCUT2D eigenvalue weighted by molar-refractivity contribution is 6.32. The Bertz CT molecular complexity index is 584. The van der Waals surface area contributed by atoms with Gasteiger partial charge in [0.2, 0.25) is 5.89 Å². The molecule has 0 amide bonds. The normalized spacial score (nSPS) is 10.4. The Hall–Kier alpha value is -2.02. The number of aryl methyl sites for hydroxylation is 2. The van der Waals surface area contributed by atoms with Crippen molar-refractivity contribution in [3.8, 4) is 0 Å². The van der Waals surface area contributed by atoms with Crippen LogP contribution < -0.4 is 5.32 Å². The maximum Gasteiger partial charge on any atom is 0.223 e. The van der Waals surface area contributed by atoms with Crippen LogP contribution in [0.2, 0.25) is 5.15 Å². The number of hydrogen-bond acceptors (Lipinski definition) is 7. The van der Waals surface area contributed by atoms with Crippen LogP contribution in [0.15, 0.2) is 4.52 Å². The number of anilines is 1. The van der Waals surface area contributed by atoms with Crippen LogP contribution in [0.4, 0.5) is 5.82 Å². The number of carbonyl (C=O) groups excluding carboxylic acids is 1. The number of nitrogens with one attached hydrogen (secondary N) is 1. The van der Waals surface area contributed by atoms with Crippen molar-refractivity contribution in [3.63, 3.8) is 0 Å². The third-order valence-corrected chi connectivity index (χ3v) is 2.40. The molecule has 2 rings (SSSR count). The molecule has 0 bridgehead atoms. The average Bonchev–Trinajstić information content (AvgIpc) is 2.72. The lowest BCUT2D eigenvalue weighted by molar-refractivity contribution is 0.112. The van der Waals surface area contributed by atoms with Crippen molar-refractivity contribution in [1.82, 2.24) is 20.1 Å². The largest absolute Gasteiger partial charge is 0.362 e. The van der Waals surface area contributed by atoms with Crippen LogP contribution in [-0.4, -0.2) is 26.4 Å². The van der Waals surface area contributed by atoms with Gasteiger partial charge < -0.3 is 9.84 Å². The molecule has 0 aromatic carbocycles. The summed E-state index contributed by atoms with van der Waals surface area (Å²) in [5, 5.41) is 6.76. The van der Waals surface area contributed by atoms with Gasteiger partial charge in [-0.25, -0.2) is 9.97 Å². The number of rotatable bonds is 4. The highest BCUT2D eigenvalue weighted by atomic mass is 35.5. The molecule has 0 aliphatic heterocycles. The van der Waals surface area contributed by atoms with E-state index in [-0.39, 0.29) is 17.3 Å². The summed E-state index contributed by atoms with van der Waals surface area (Å²) in [7, 11) is 0. The van der Waals surface area contributed by atoms with Gasteiger partial charge in [0.25, 0.3) is 0 Å². The fraction of sp³-hybridized carbons (Fsp3) is 0.300. The van der Waals surface area contributed by atoms with Gasteiger partial charge in [-0.2, -0.15) is 4.98 Å². The van der Waals surface area contributed by atoms with Crippen molar-refractivity contribution >= 4 is 23.7 Å².